The lowest BCUT2D eigenvalue weighted by atomic mass is 10.1. The van der Waals surface area contributed by atoms with E-state index >= 15 is 0 Å². The molecule has 0 radical (unpaired) electrons. The second kappa shape index (κ2) is 6.35. The van der Waals surface area contributed by atoms with Crippen LogP contribution in [-0.2, 0) is 21.3 Å². The maximum Gasteiger partial charge on any atom is 0.310 e. The molecule has 0 amide bonds. The van der Waals surface area contributed by atoms with Crippen molar-refractivity contribution in [1.29, 1.82) is 0 Å². The molecule has 0 aliphatic heterocycles. The van der Waals surface area contributed by atoms with Crippen molar-refractivity contribution in [1.82, 2.24) is 0 Å². The van der Waals surface area contributed by atoms with Gasteiger partial charge in [0.2, 0.25) is 0 Å². The van der Waals surface area contributed by atoms with E-state index in [0.717, 1.165) is 11.1 Å². The van der Waals surface area contributed by atoms with Crippen molar-refractivity contribution in [2.45, 2.75) is 18.7 Å². The molecule has 0 saturated heterocycles. The molecule has 1 rings (SSSR count). The van der Waals surface area contributed by atoms with Gasteiger partial charge in [-0.05, 0) is 30.2 Å². The molecule has 0 heterocycles. The van der Waals surface area contributed by atoms with Gasteiger partial charge in [-0.2, -0.15) is 0 Å². The molecule has 0 unspecified atom stereocenters. The summed E-state index contributed by atoms with van der Waals surface area (Å²) in [5.41, 5.74) is 1.51. The lowest BCUT2D eigenvalue weighted by Crippen LogP contribution is -2.09. The predicted molar refractivity (Wildman–Crippen MR) is 67.1 cm³/mol. The molecule has 88 valence electrons. The fourth-order valence-electron chi connectivity index (χ4n) is 1.33. The standard InChI is InChI=1S/C11H11Br2FO2/c1-2-16-11(15)5-9-7(6-12)3-8(14)4-10(9)13/h3-4H,2,5-6H2,1H3. The molecular weight excluding hydrogens is 343 g/mol. The zero-order valence-corrected chi connectivity index (χ0v) is 11.9. The van der Waals surface area contributed by atoms with Crippen LogP contribution in [0, 0.1) is 5.82 Å². The number of hydrogen-bond acceptors (Lipinski definition) is 2. The second-order valence-electron chi connectivity index (χ2n) is 3.14. The minimum atomic E-state index is -0.325. The molecule has 0 N–H and O–H groups in total. The lowest BCUT2D eigenvalue weighted by molar-refractivity contribution is -0.142. The minimum Gasteiger partial charge on any atom is -0.466 e. The highest BCUT2D eigenvalue weighted by atomic mass is 79.9. The Bertz CT molecular complexity index is 394. The Morgan fingerprint density at radius 1 is 1.50 bits per heavy atom. The van der Waals surface area contributed by atoms with Crippen LogP contribution < -0.4 is 0 Å². The second-order valence-corrected chi connectivity index (χ2v) is 4.56. The maximum absolute atomic E-state index is 13.1. The summed E-state index contributed by atoms with van der Waals surface area (Å²) in [6, 6.07) is 2.76. The summed E-state index contributed by atoms with van der Waals surface area (Å²) >= 11 is 6.52. The van der Waals surface area contributed by atoms with Crippen molar-refractivity contribution in [3.05, 3.63) is 33.5 Å². The first-order valence-electron chi connectivity index (χ1n) is 4.76. The van der Waals surface area contributed by atoms with Gasteiger partial charge in [-0.15, -0.1) is 0 Å². The summed E-state index contributed by atoms with van der Waals surface area (Å²) in [6.45, 7) is 2.10. The van der Waals surface area contributed by atoms with Gasteiger partial charge in [0.05, 0.1) is 13.0 Å². The predicted octanol–water partition coefficient (Wildman–Crippen LogP) is 3.59. The molecule has 0 aromatic heterocycles. The molecular formula is C11H11Br2FO2. The van der Waals surface area contributed by atoms with E-state index in [1.54, 1.807) is 6.92 Å². The highest BCUT2D eigenvalue weighted by molar-refractivity contribution is 9.10. The van der Waals surface area contributed by atoms with E-state index in [1.165, 1.54) is 12.1 Å². The number of alkyl halides is 1. The number of benzene rings is 1. The van der Waals surface area contributed by atoms with Crippen LogP contribution in [-0.4, -0.2) is 12.6 Å². The number of rotatable bonds is 4. The van der Waals surface area contributed by atoms with E-state index in [0.29, 0.717) is 16.4 Å². The molecule has 0 saturated carbocycles. The van der Waals surface area contributed by atoms with Crippen LogP contribution in [0.2, 0.25) is 0 Å². The zero-order chi connectivity index (χ0) is 12.1. The average molecular weight is 354 g/mol. The van der Waals surface area contributed by atoms with Crippen molar-refractivity contribution >= 4 is 37.8 Å². The van der Waals surface area contributed by atoms with Gasteiger partial charge in [0.25, 0.3) is 0 Å². The van der Waals surface area contributed by atoms with E-state index in [4.69, 9.17) is 4.74 Å². The van der Waals surface area contributed by atoms with Crippen LogP contribution >= 0.6 is 31.9 Å². The van der Waals surface area contributed by atoms with Crippen molar-refractivity contribution in [3.8, 4) is 0 Å². The Morgan fingerprint density at radius 2 is 2.19 bits per heavy atom. The Morgan fingerprint density at radius 3 is 2.75 bits per heavy atom. The third kappa shape index (κ3) is 3.56. The molecule has 2 nitrogen and oxygen atoms in total. The summed E-state index contributed by atoms with van der Waals surface area (Å²) in [7, 11) is 0. The normalized spacial score (nSPS) is 10.2. The third-order valence-electron chi connectivity index (χ3n) is 2.02. The summed E-state index contributed by atoms with van der Waals surface area (Å²) < 4.78 is 18.6. The van der Waals surface area contributed by atoms with Crippen molar-refractivity contribution in [2.24, 2.45) is 0 Å². The molecule has 5 heteroatoms. The Hall–Kier alpha value is -0.420. The number of halogens is 3. The first kappa shape index (κ1) is 13.6. The topological polar surface area (TPSA) is 26.3 Å². The molecule has 0 fully saturated rings. The lowest BCUT2D eigenvalue weighted by Gasteiger charge is -2.09. The van der Waals surface area contributed by atoms with Crippen LogP contribution in [0.25, 0.3) is 0 Å². The first-order valence-corrected chi connectivity index (χ1v) is 6.68. The van der Waals surface area contributed by atoms with E-state index in [-0.39, 0.29) is 18.2 Å². The molecule has 16 heavy (non-hydrogen) atoms. The minimum absolute atomic E-state index is 0.148. The zero-order valence-electron chi connectivity index (χ0n) is 8.73. The number of ether oxygens (including phenoxy) is 1. The highest BCUT2D eigenvalue weighted by Gasteiger charge is 2.13. The highest BCUT2D eigenvalue weighted by Crippen LogP contribution is 2.25. The smallest absolute Gasteiger partial charge is 0.310 e. The molecule has 0 bridgehead atoms. The van der Waals surface area contributed by atoms with Gasteiger partial charge < -0.3 is 4.74 Å². The number of carbonyl (C=O) groups is 1. The summed E-state index contributed by atoms with van der Waals surface area (Å²) in [4.78, 5) is 11.4. The van der Waals surface area contributed by atoms with Gasteiger partial charge in [0.1, 0.15) is 5.82 Å². The van der Waals surface area contributed by atoms with Gasteiger partial charge in [-0.1, -0.05) is 31.9 Å². The fourth-order valence-corrected chi connectivity index (χ4v) is 2.44. The molecule has 0 spiro atoms. The van der Waals surface area contributed by atoms with Crippen LogP contribution in [0.4, 0.5) is 4.39 Å². The first-order chi connectivity index (χ1) is 7.58. The molecule has 1 aromatic carbocycles. The van der Waals surface area contributed by atoms with Crippen molar-refractivity contribution in [3.63, 3.8) is 0 Å². The van der Waals surface area contributed by atoms with Crippen LogP contribution in [0.1, 0.15) is 18.1 Å². The molecule has 0 aliphatic rings. The van der Waals surface area contributed by atoms with Gasteiger partial charge in [0, 0.05) is 9.80 Å². The summed E-state index contributed by atoms with van der Waals surface area (Å²) in [5.74, 6) is -0.633. The summed E-state index contributed by atoms with van der Waals surface area (Å²) in [6.07, 6.45) is 0.148. The van der Waals surface area contributed by atoms with E-state index < -0.39 is 0 Å². The molecule has 0 aliphatic carbocycles. The van der Waals surface area contributed by atoms with Gasteiger partial charge in [0.15, 0.2) is 0 Å². The Balaban J connectivity index is 2.98. The largest absolute Gasteiger partial charge is 0.466 e. The Kier molecular flexibility index (Phi) is 5.41. The fraction of sp³-hybridized carbons (Fsp3) is 0.364. The number of esters is 1. The molecule has 0 atom stereocenters. The van der Waals surface area contributed by atoms with E-state index in [1.807, 2.05) is 0 Å². The van der Waals surface area contributed by atoms with Crippen molar-refractivity contribution in [2.75, 3.05) is 6.61 Å². The molecule has 1 aromatic rings. The quantitative estimate of drug-likeness (QED) is 0.610. The van der Waals surface area contributed by atoms with E-state index in [9.17, 15) is 9.18 Å². The van der Waals surface area contributed by atoms with Crippen LogP contribution in [0.5, 0.6) is 0 Å². The number of carbonyl (C=O) groups excluding carboxylic acids is 1. The van der Waals surface area contributed by atoms with Crippen molar-refractivity contribution < 1.29 is 13.9 Å². The monoisotopic (exact) mass is 352 g/mol. The average Bonchev–Trinajstić information content (AvgIpc) is 2.22. The van der Waals surface area contributed by atoms with E-state index in [2.05, 4.69) is 31.9 Å². The van der Waals surface area contributed by atoms with Gasteiger partial charge in [-0.25, -0.2) is 4.39 Å². The van der Waals surface area contributed by atoms with Gasteiger partial charge >= 0.3 is 5.97 Å². The Labute approximate surface area is 110 Å². The number of hydrogen-bond donors (Lipinski definition) is 0. The SMILES string of the molecule is CCOC(=O)Cc1c(Br)cc(F)cc1CBr. The third-order valence-corrected chi connectivity index (χ3v) is 3.33. The van der Waals surface area contributed by atoms with Gasteiger partial charge in [-0.3, -0.25) is 4.79 Å². The summed E-state index contributed by atoms with van der Waals surface area (Å²) in [5, 5.41) is 0.498. The van der Waals surface area contributed by atoms with Crippen LogP contribution in [0.15, 0.2) is 16.6 Å². The maximum atomic E-state index is 13.1. The van der Waals surface area contributed by atoms with Crippen LogP contribution in [0.3, 0.4) is 0 Å².